The summed E-state index contributed by atoms with van der Waals surface area (Å²) in [7, 11) is 0. The van der Waals surface area contributed by atoms with Gasteiger partial charge in [-0.1, -0.05) is 34.1 Å². The van der Waals surface area contributed by atoms with Crippen LogP contribution in [0.1, 0.15) is 17.9 Å². The summed E-state index contributed by atoms with van der Waals surface area (Å²) in [6, 6.07) is 8.69. The van der Waals surface area contributed by atoms with Gasteiger partial charge in [0.1, 0.15) is 0 Å². The van der Waals surface area contributed by atoms with E-state index < -0.39 is 0 Å². The van der Waals surface area contributed by atoms with E-state index in [-0.39, 0.29) is 0 Å². The van der Waals surface area contributed by atoms with Crippen molar-refractivity contribution < 1.29 is 4.74 Å². The van der Waals surface area contributed by atoms with E-state index in [2.05, 4.69) is 44.0 Å². The summed E-state index contributed by atoms with van der Waals surface area (Å²) in [5.74, 6) is 1.18. The van der Waals surface area contributed by atoms with E-state index in [1.54, 1.807) is 0 Å². The van der Waals surface area contributed by atoms with E-state index >= 15 is 0 Å². The summed E-state index contributed by atoms with van der Waals surface area (Å²) in [5, 5.41) is 0. The molecule has 1 saturated carbocycles. The SMILES string of the molecule is NC(=N[C@@H]1C[C@H]1c1ccccc1Br)N1CCOCC1. The number of benzene rings is 1. The Bertz CT molecular complexity index is 485. The van der Waals surface area contributed by atoms with Crippen LogP contribution >= 0.6 is 15.9 Å². The first-order valence-corrected chi connectivity index (χ1v) is 7.45. The van der Waals surface area contributed by atoms with Gasteiger partial charge in [-0.05, 0) is 18.1 Å². The zero-order valence-corrected chi connectivity index (χ0v) is 12.3. The molecule has 1 aliphatic heterocycles. The predicted molar refractivity (Wildman–Crippen MR) is 79.3 cm³/mol. The van der Waals surface area contributed by atoms with Crippen molar-refractivity contribution in [1.82, 2.24) is 4.90 Å². The van der Waals surface area contributed by atoms with Crippen molar-refractivity contribution in [2.45, 2.75) is 18.4 Å². The van der Waals surface area contributed by atoms with Gasteiger partial charge in [0.15, 0.2) is 5.96 Å². The van der Waals surface area contributed by atoms with Crippen LogP contribution in [-0.4, -0.2) is 43.2 Å². The van der Waals surface area contributed by atoms with Crippen molar-refractivity contribution in [3.05, 3.63) is 34.3 Å². The van der Waals surface area contributed by atoms with Crippen LogP contribution < -0.4 is 5.73 Å². The smallest absolute Gasteiger partial charge is 0.191 e. The fourth-order valence-corrected chi connectivity index (χ4v) is 3.06. The molecule has 1 heterocycles. The van der Waals surface area contributed by atoms with Gasteiger partial charge in [0.2, 0.25) is 0 Å². The van der Waals surface area contributed by atoms with Gasteiger partial charge in [-0.3, -0.25) is 0 Å². The number of halogens is 1. The Morgan fingerprint density at radius 3 is 2.79 bits per heavy atom. The van der Waals surface area contributed by atoms with Crippen molar-refractivity contribution in [2.24, 2.45) is 10.7 Å². The van der Waals surface area contributed by atoms with Crippen molar-refractivity contribution in [2.75, 3.05) is 26.3 Å². The Labute approximate surface area is 121 Å². The molecule has 0 unspecified atom stereocenters. The van der Waals surface area contributed by atoms with Crippen LogP contribution in [0.2, 0.25) is 0 Å². The molecule has 1 aromatic carbocycles. The van der Waals surface area contributed by atoms with Crippen LogP contribution in [0.25, 0.3) is 0 Å². The highest BCUT2D eigenvalue weighted by molar-refractivity contribution is 9.10. The normalized spacial score (nSPS) is 27.4. The lowest BCUT2D eigenvalue weighted by molar-refractivity contribution is 0.0674. The second-order valence-electron chi connectivity index (χ2n) is 5.02. The Morgan fingerprint density at radius 1 is 1.32 bits per heavy atom. The van der Waals surface area contributed by atoms with Crippen LogP contribution in [0.4, 0.5) is 0 Å². The molecule has 1 aliphatic carbocycles. The van der Waals surface area contributed by atoms with Crippen LogP contribution in [0.5, 0.6) is 0 Å². The first-order chi connectivity index (χ1) is 9.25. The fourth-order valence-electron chi connectivity index (χ4n) is 2.48. The number of guanidine groups is 1. The van der Waals surface area contributed by atoms with Gasteiger partial charge in [-0.2, -0.15) is 0 Å². The molecule has 19 heavy (non-hydrogen) atoms. The third kappa shape index (κ3) is 2.92. The highest BCUT2D eigenvalue weighted by atomic mass is 79.9. The molecule has 0 bridgehead atoms. The van der Waals surface area contributed by atoms with Crippen LogP contribution in [0, 0.1) is 0 Å². The molecule has 3 rings (SSSR count). The standard InChI is InChI=1S/C14H18BrN3O/c15-12-4-2-1-3-10(12)11-9-13(11)17-14(16)18-5-7-19-8-6-18/h1-4,11,13H,5-9H2,(H2,16,17)/t11-,13+/m0/s1. The fraction of sp³-hybridized carbons (Fsp3) is 0.500. The predicted octanol–water partition coefficient (Wildman–Crippen LogP) is 1.95. The van der Waals surface area contributed by atoms with Crippen molar-refractivity contribution in [3.63, 3.8) is 0 Å². The Balaban J connectivity index is 1.65. The summed E-state index contributed by atoms with van der Waals surface area (Å²) in [6.07, 6.45) is 1.09. The number of nitrogens with two attached hydrogens (primary N) is 1. The van der Waals surface area contributed by atoms with Gasteiger partial charge < -0.3 is 15.4 Å². The van der Waals surface area contributed by atoms with Crippen LogP contribution in [0.3, 0.4) is 0 Å². The van der Waals surface area contributed by atoms with E-state index in [1.807, 2.05) is 6.07 Å². The molecule has 2 aliphatic rings. The zero-order valence-electron chi connectivity index (χ0n) is 10.8. The molecule has 0 spiro atoms. The maximum Gasteiger partial charge on any atom is 0.191 e. The number of hydrogen-bond donors (Lipinski definition) is 1. The lowest BCUT2D eigenvalue weighted by atomic mass is 10.1. The first kappa shape index (κ1) is 12.9. The molecule has 0 radical (unpaired) electrons. The van der Waals surface area contributed by atoms with Crippen molar-refractivity contribution in [3.8, 4) is 0 Å². The molecule has 0 amide bonds. The van der Waals surface area contributed by atoms with E-state index in [1.165, 1.54) is 10.0 Å². The third-order valence-corrected chi connectivity index (χ3v) is 4.42. The summed E-state index contributed by atoms with van der Waals surface area (Å²) in [6.45, 7) is 3.19. The van der Waals surface area contributed by atoms with Gasteiger partial charge in [0, 0.05) is 23.5 Å². The molecule has 0 aromatic heterocycles. The maximum atomic E-state index is 6.08. The third-order valence-electron chi connectivity index (χ3n) is 3.69. The van der Waals surface area contributed by atoms with Crippen LogP contribution in [0.15, 0.2) is 33.7 Å². The first-order valence-electron chi connectivity index (χ1n) is 6.66. The Hall–Kier alpha value is -1.07. The van der Waals surface area contributed by atoms with Gasteiger partial charge in [0.05, 0.1) is 19.3 Å². The molecule has 102 valence electrons. The second kappa shape index (κ2) is 5.51. The molecule has 2 fully saturated rings. The zero-order chi connectivity index (χ0) is 13.2. The molecule has 5 heteroatoms. The summed E-state index contributed by atoms with van der Waals surface area (Å²) < 4.78 is 6.49. The minimum absolute atomic E-state index is 0.335. The number of nitrogens with zero attached hydrogens (tertiary/aromatic N) is 2. The molecular weight excluding hydrogens is 306 g/mol. The van der Waals surface area contributed by atoms with E-state index in [0.717, 1.165) is 32.7 Å². The minimum Gasteiger partial charge on any atom is -0.378 e. The van der Waals surface area contributed by atoms with Gasteiger partial charge in [-0.15, -0.1) is 0 Å². The quantitative estimate of drug-likeness (QED) is 0.668. The highest BCUT2D eigenvalue weighted by Gasteiger charge is 2.39. The molecule has 2 N–H and O–H groups in total. The van der Waals surface area contributed by atoms with E-state index in [0.29, 0.717) is 17.9 Å². The topological polar surface area (TPSA) is 50.8 Å². The van der Waals surface area contributed by atoms with Gasteiger partial charge >= 0.3 is 0 Å². The van der Waals surface area contributed by atoms with Crippen molar-refractivity contribution in [1.29, 1.82) is 0 Å². The molecule has 2 atom stereocenters. The van der Waals surface area contributed by atoms with Crippen molar-refractivity contribution >= 4 is 21.9 Å². The molecule has 4 nitrogen and oxygen atoms in total. The maximum absolute atomic E-state index is 6.08. The van der Waals surface area contributed by atoms with E-state index in [9.17, 15) is 0 Å². The second-order valence-corrected chi connectivity index (χ2v) is 5.87. The van der Waals surface area contributed by atoms with Gasteiger partial charge in [0.25, 0.3) is 0 Å². The number of rotatable bonds is 2. The van der Waals surface area contributed by atoms with Crippen LogP contribution in [-0.2, 0) is 4.74 Å². The summed E-state index contributed by atoms with van der Waals surface area (Å²) >= 11 is 3.60. The highest BCUT2D eigenvalue weighted by Crippen LogP contribution is 2.46. The molecule has 1 aromatic rings. The number of hydrogen-bond acceptors (Lipinski definition) is 2. The lowest BCUT2D eigenvalue weighted by Gasteiger charge is -2.27. The monoisotopic (exact) mass is 323 g/mol. The molecular formula is C14H18BrN3O. The van der Waals surface area contributed by atoms with E-state index in [4.69, 9.17) is 10.5 Å². The Morgan fingerprint density at radius 2 is 2.05 bits per heavy atom. The minimum atomic E-state index is 0.335. The molecule has 1 saturated heterocycles. The average molecular weight is 324 g/mol. The average Bonchev–Trinajstić information content (AvgIpc) is 3.19. The summed E-state index contributed by atoms with van der Waals surface area (Å²) in [4.78, 5) is 6.77. The largest absolute Gasteiger partial charge is 0.378 e. The summed E-state index contributed by atoms with van der Waals surface area (Å²) in [5.41, 5.74) is 7.42. The number of ether oxygens (including phenoxy) is 1. The lowest BCUT2D eigenvalue weighted by Crippen LogP contribution is -2.45. The van der Waals surface area contributed by atoms with Gasteiger partial charge in [-0.25, -0.2) is 4.99 Å². The number of morpholine rings is 1. The number of aliphatic imine (C=N–C) groups is 1. The Kier molecular flexibility index (Phi) is 3.75.